The van der Waals surface area contributed by atoms with E-state index in [4.69, 9.17) is 16.6 Å². The van der Waals surface area contributed by atoms with Gasteiger partial charge in [-0.05, 0) is 31.0 Å². The van der Waals surface area contributed by atoms with Gasteiger partial charge in [-0.15, -0.1) is 12.4 Å². The van der Waals surface area contributed by atoms with Gasteiger partial charge in [-0.2, -0.15) is 0 Å². The Bertz CT molecular complexity index is 681. The Labute approximate surface area is 175 Å². The van der Waals surface area contributed by atoms with Gasteiger partial charge in [0.2, 0.25) is 5.91 Å². The first-order valence-electron chi connectivity index (χ1n) is 9.21. The van der Waals surface area contributed by atoms with Crippen molar-refractivity contribution in [2.45, 2.75) is 57.0 Å². The Hall–Kier alpha value is -0.980. The quantitative estimate of drug-likeness (QED) is 0.650. The van der Waals surface area contributed by atoms with E-state index >= 15 is 0 Å². The Morgan fingerprint density at radius 2 is 2.04 bits per heavy atom. The highest BCUT2D eigenvalue weighted by Crippen LogP contribution is 2.28. The molecule has 4 nitrogen and oxygen atoms in total. The SMILES string of the molecule is CN1/C(=N/C2CCCCCC2)SCC1CC(=O)Nc1ccc(Cl)cc1F.Cl. The second-order valence-electron chi connectivity index (χ2n) is 7.01. The van der Waals surface area contributed by atoms with Crippen LogP contribution in [0, 0.1) is 5.82 Å². The number of nitrogens with one attached hydrogen (secondary N) is 1. The number of anilines is 1. The monoisotopic (exact) mass is 433 g/mol. The van der Waals surface area contributed by atoms with Gasteiger partial charge in [0.1, 0.15) is 5.82 Å². The first-order valence-corrected chi connectivity index (χ1v) is 10.6. The number of hydrogen-bond acceptors (Lipinski definition) is 3. The van der Waals surface area contributed by atoms with Crippen molar-refractivity contribution < 1.29 is 9.18 Å². The van der Waals surface area contributed by atoms with Crippen LogP contribution in [0.1, 0.15) is 44.9 Å². The van der Waals surface area contributed by atoms with Crippen molar-refractivity contribution in [3.63, 3.8) is 0 Å². The normalized spacial score (nSPS) is 22.4. The molecule has 1 aromatic rings. The van der Waals surface area contributed by atoms with Crippen LogP contribution in [-0.2, 0) is 4.79 Å². The Morgan fingerprint density at radius 3 is 2.70 bits per heavy atom. The summed E-state index contributed by atoms with van der Waals surface area (Å²) in [6.45, 7) is 0. The van der Waals surface area contributed by atoms with Crippen LogP contribution in [0.25, 0.3) is 0 Å². The standard InChI is InChI=1S/C19H25ClFN3OS.ClH/c1-24-15(11-18(25)23-17-9-8-13(20)10-16(17)21)12-26-19(24)22-14-6-4-2-3-5-7-14;/h8-10,14-15H,2-7,11-12H2,1H3,(H,23,25);1H/b22-19-;. The Kier molecular flexibility index (Phi) is 8.70. The summed E-state index contributed by atoms with van der Waals surface area (Å²) in [5.74, 6) is 0.119. The van der Waals surface area contributed by atoms with Crippen LogP contribution in [0.5, 0.6) is 0 Å². The summed E-state index contributed by atoms with van der Waals surface area (Å²) in [5.41, 5.74) is 0.167. The van der Waals surface area contributed by atoms with Gasteiger partial charge < -0.3 is 10.2 Å². The molecule has 1 unspecified atom stereocenters. The third-order valence-electron chi connectivity index (χ3n) is 5.00. The lowest BCUT2D eigenvalue weighted by atomic mass is 10.1. The Balaban J connectivity index is 0.00000261. The fourth-order valence-corrected chi connectivity index (χ4v) is 4.83. The number of carbonyl (C=O) groups is 1. The number of thioether (sulfide) groups is 1. The van der Waals surface area contributed by atoms with Crippen LogP contribution < -0.4 is 5.32 Å². The zero-order valence-electron chi connectivity index (χ0n) is 15.4. The highest BCUT2D eigenvalue weighted by molar-refractivity contribution is 8.14. The molecule has 0 bridgehead atoms. The van der Waals surface area contributed by atoms with E-state index in [2.05, 4.69) is 10.2 Å². The number of aliphatic imine (C=N–C) groups is 1. The molecule has 0 spiro atoms. The van der Waals surface area contributed by atoms with E-state index in [1.54, 1.807) is 17.8 Å². The zero-order chi connectivity index (χ0) is 18.5. The van der Waals surface area contributed by atoms with Gasteiger partial charge in [0, 0.05) is 30.3 Å². The topological polar surface area (TPSA) is 44.7 Å². The van der Waals surface area contributed by atoms with Gasteiger partial charge in [-0.25, -0.2) is 4.39 Å². The number of carbonyl (C=O) groups excluding carboxylic acids is 1. The molecule has 1 amide bonds. The van der Waals surface area contributed by atoms with Crippen molar-refractivity contribution in [2.75, 3.05) is 18.1 Å². The minimum Gasteiger partial charge on any atom is -0.350 e. The molecule has 8 heteroatoms. The maximum Gasteiger partial charge on any atom is 0.226 e. The second kappa shape index (κ2) is 10.5. The van der Waals surface area contributed by atoms with E-state index in [0.29, 0.717) is 17.5 Å². The molecule has 1 saturated carbocycles. The number of halogens is 3. The summed E-state index contributed by atoms with van der Waals surface area (Å²) >= 11 is 7.46. The van der Waals surface area contributed by atoms with Gasteiger partial charge in [0.25, 0.3) is 0 Å². The smallest absolute Gasteiger partial charge is 0.226 e. The molecule has 2 fully saturated rings. The summed E-state index contributed by atoms with van der Waals surface area (Å²) in [4.78, 5) is 19.4. The number of benzene rings is 1. The first-order chi connectivity index (χ1) is 12.5. The number of nitrogens with zero attached hydrogens (tertiary/aromatic N) is 2. The molecule has 1 atom stereocenters. The minimum absolute atomic E-state index is 0. The van der Waals surface area contributed by atoms with Crippen molar-refractivity contribution in [3.8, 4) is 0 Å². The maximum absolute atomic E-state index is 13.8. The van der Waals surface area contributed by atoms with Gasteiger partial charge in [-0.1, -0.05) is 49.0 Å². The second-order valence-corrected chi connectivity index (χ2v) is 8.43. The fourth-order valence-electron chi connectivity index (χ4n) is 3.41. The predicted octanol–water partition coefficient (Wildman–Crippen LogP) is 5.36. The summed E-state index contributed by atoms with van der Waals surface area (Å²) < 4.78 is 13.8. The molecule has 0 radical (unpaired) electrons. The predicted molar refractivity (Wildman–Crippen MR) is 115 cm³/mol. The summed E-state index contributed by atoms with van der Waals surface area (Å²) in [5, 5.41) is 3.99. The molecule has 0 aromatic heterocycles. The zero-order valence-corrected chi connectivity index (χ0v) is 17.8. The molecule has 1 saturated heterocycles. The molecule has 1 aromatic carbocycles. The average molecular weight is 434 g/mol. The molecule has 1 aliphatic heterocycles. The molecule has 3 rings (SSSR count). The lowest BCUT2D eigenvalue weighted by molar-refractivity contribution is -0.116. The van der Waals surface area contributed by atoms with Crippen molar-refractivity contribution in [1.29, 1.82) is 0 Å². The average Bonchev–Trinajstić information content (AvgIpc) is 2.80. The van der Waals surface area contributed by atoms with Crippen molar-refractivity contribution >= 4 is 52.5 Å². The van der Waals surface area contributed by atoms with Gasteiger partial charge in [-0.3, -0.25) is 9.79 Å². The molecule has 27 heavy (non-hydrogen) atoms. The Morgan fingerprint density at radius 1 is 1.33 bits per heavy atom. The highest BCUT2D eigenvalue weighted by Gasteiger charge is 2.30. The largest absolute Gasteiger partial charge is 0.350 e. The van der Waals surface area contributed by atoms with E-state index in [1.165, 1.54) is 50.7 Å². The number of amides is 1. The van der Waals surface area contributed by atoms with Crippen LogP contribution >= 0.6 is 35.8 Å². The fraction of sp³-hybridized carbons (Fsp3) is 0.579. The minimum atomic E-state index is -0.518. The van der Waals surface area contributed by atoms with Crippen LogP contribution in [0.2, 0.25) is 5.02 Å². The lowest BCUT2D eigenvalue weighted by Gasteiger charge is -2.21. The summed E-state index contributed by atoms with van der Waals surface area (Å²) in [7, 11) is 2.00. The van der Waals surface area contributed by atoms with Crippen LogP contribution in [0.15, 0.2) is 23.2 Å². The summed E-state index contributed by atoms with van der Waals surface area (Å²) in [6, 6.07) is 4.75. The molecule has 1 heterocycles. The van der Waals surface area contributed by atoms with Crippen molar-refractivity contribution in [3.05, 3.63) is 29.0 Å². The maximum atomic E-state index is 13.8. The molecular formula is C19H26Cl2FN3OS. The van der Waals surface area contributed by atoms with Crippen LogP contribution in [0.3, 0.4) is 0 Å². The van der Waals surface area contributed by atoms with E-state index in [-0.39, 0.29) is 30.0 Å². The van der Waals surface area contributed by atoms with Gasteiger partial charge in [0.15, 0.2) is 5.17 Å². The van der Waals surface area contributed by atoms with Gasteiger partial charge in [0.05, 0.1) is 11.7 Å². The molecule has 1 N–H and O–H groups in total. The highest BCUT2D eigenvalue weighted by atomic mass is 35.5. The van der Waals surface area contributed by atoms with Gasteiger partial charge >= 0.3 is 0 Å². The number of amidine groups is 1. The molecule has 150 valence electrons. The number of hydrogen-bond donors (Lipinski definition) is 1. The van der Waals surface area contributed by atoms with E-state index in [0.717, 1.165) is 10.9 Å². The molecule has 2 aliphatic rings. The van der Waals surface area contributed by atoms with Crippen molar-refractivity contribution in [1.82, 2.24) is 4.90 Å². The number of rotatable bonds is 4. The molecular weight excluding hydrogens is 408 g/mol. The first kappa shape index (κ1) is 22.3. The van der Waals surface area contributed by atoms with E-state index < -0.39 is 5.82 Å². The van der Waals surface area contributed by atoms with E-state index in [1.807, 2.05) is 7.05 Å². The van der Waals surface area contributed by atoms with E-state index in [9.17, 15) is 9.18 Å². The van der Waals surface area contributed by atoms with Crippen LogP contribution in [-0.4, -0.2) is 40.9 Å². The third kappa shape index (κ3) is 6.26. The summed E-state index contributed by atoms with van der Waals surface area (Å²) in [6.07, 6.45) is 7.79. The van der Waals surface area contributed by atoms with Crippen LogP contribution in [0.4, 0.5) is 10.1 Å². The third-order valence-corrected chi connectivity index (χ3v) is 6.44. The van der Waals surface area contributed by atoms with Crippen molar-refractivity contribution in [2.24, 2.45) is 4.99 Å². The molecule has 1 aliphatic carbocycles. The lowest BCUT2D eigenvalue weighted by Crippen LogP contribution is -2.34.